The van der Waals surface area contributed by atoms with Gasteiger partial charge in [-0.2, -0.15) is 0 Å². The van der Waals surface area contributed by atoms with Crippen LogP contribution in [-0.4, -0.2) is 35.4 Å². The van der Waals surface area contributed by atoms with Crippen LogP contribution in [-0.2, 0) is 19.0 Å². The number of alkyl halides is 1. The van der Waals surface area contributed by atoms with Crippen LogP contribution in [0.1, 0.15) is 20.3 Å². The summed E-state index contributed by atoms with van der Waals surface area (Å²) in [6.45, 7) is 3.74. The number of esters is 1. The predicted molar refractivity (Wildman–Crippen MR) is 51.5 cm³/mol. The van der Waals surface area contributed by atoms with E-state index in [1.807, 2.05) is 13.8 Å². The van der Waals surface area contributed by atoms with Gasteiger partial charge in [-0.05, 0) is 20.3 Å². The Kier molecular flexibility index (Phi) is 1.89. The summed E-state index contributed by atoms with van der Waals surface area (Å²) in [5.74, 6) is -0.847. The molecule has 5 heteroatoms. The topological polar surface area (TPSA) is 44.8 Å². The van der Waals surface area contributed by atoms with E-state index in [2.05, 4.69) is 0 Å². The Morgan fingerprint density at radius 3 is 2.80 bits per heavy atom. The summed E-state index contributed by atoms with van der Waals surface area (Å²) in [5.41, 5.74) is 0. The maximum absolute atomic E-state index is 11.3. The number of fused-ring (bicyclic) bond motifs is 3. The molecule has 0 aromatic heterocycles. The van der Waals surface area contributed by atoms with Crippen LogP contribution in [0.2, 0.25) is 0 Å². The van der Waals surface area contributed by atoms with Crippen molar-refractivity contribution >= 4 is 17.6 Å². The van der Waals surface area contributed by atoms with Gasteiger partial charge in [0.25, 0.3) is 0 Å². The fourth-order valence-electron chi connectivity index (χ4n) is 2.78. The van der Waals surface area contributed by atoms with E-state index >= 15 is 0 Å². The molecule has 0 spiro atoms. The Morgan fingerprint density at radius 1 is 1.33 bits per heavy atom. The standard InChI is InChI=1S/C10H13ClO4/c1-10(2)14-5-3-4-6(11)9(12)13-7(4)8(5)15-10/h4-8H,3H2,1-2H3/t4-,5+,6-,7+,8?/m1/s1. The average molecular weight is 233 g/mol. The summed E-state index contributed by atoms with van der Waals surface area (Å²) in [6, 6.07) is 0. The number of halogens is 1. The highest BCUT2D eigenvalue weighted by Gasteiger charge is 2.61. The largest absolute Gasteiger partial charge is 0.458 e. The van der Waals surface area contributed by atoms with E-state index in [1.54, 1.807) is 0 Å². The molecule has 2 aliphatic heterocycles. The number of ether oxygens (including phenoxy) is 3. The molecule has 0 aromatic carbocycles. The van der Waals surface area contributed by atoms with Crippen molar-refractivity contribution in [3.05, 3.63) is 0 Å². The molecule has 0 aromatic rings. The first-order valence-electron chi connectivity index (χ1n) is 5.18. The Labute approximate surface area is 92.8 Å². The third-order valence-corrected chi connectivity index (χ3v) is 3.83. The Balaban J connectivity index is 1.83. The molecule has 3 rings (SSSR count). The maximum atomic E-state index is 11.3. The molecule has 0 radical (unpaired) electrons. The second kappa shape index (κ2) is 2.87. The van der Waals surface area contributed by atoms with Gasteiger partial charge in [0, 0.05) is 5.92 Å². The molecule has 1 aliphatic carbocycles. The first kappa shape index (κ1) is 9.87. The zero-order chi connectivity index (χ0) is 10.8. The quantitative estimate of drug-likeness (QED) is 0.463. The minimum Gasteiger partial charge on any atom is -0.458 e. The summed E-state index contributed by atoms with van der Waals surface area (Å²) >= 11 is 5.96. The van der Waals surface area contributed by atoms with Gasteiger partial charge in [0.2, 0.25) is 0 Å². The van der Waals surface area contributed by atoms with Crippen LogP contribution in [0.25, 0.3) is 0 Å². The van der Waals surface area contributed by atoms with Gasteiger partial charge in [-0.25, -0.2) is 0 Å². The lowest BCUT2D eigenvalue weighted by Gasteiger charge is -2.21. The van der Waals surface area contributed by atoms with Crippen molar-refractivity contribution in [2.45, 2.75) is 49.7 Å². The van der Waals surface area contributed by atoms with Crippen molar-refractivity contribution < 1.29 is 19.0 Å². The van der Waals surface area contributed by atoms with E-state index in [0.717, 1.165) is 6.42 Å². The molecule has 1 unspecified atom stereocenters. The first-order valence-corrected chi connectivity index (χ1v) is 5.62. The van der Waals surface area contributed by atoms with Crippen molar-refractivity contribution in [2.24, 2.45) is 5.92 Å². The minimum atomic E-state index is -0.572. The van der Waals surface area contributed by atoms with Gasteiger partial charge in [-0.1, -0.05) is 0 Å². The molecule has 15 heavy (non-hydrogen) atoms. The summed E-state index contributed by atoms with van der Waals surface area (Å²) < 4.78 is 16.7. The summed E-state index contributed by atoms with van der Waals surface area (Å²) in [7, 11) is 0. The molecule has 2 saturated heterocycles. The smallest absolute Gasteiger partial charge is 0.324 e. The monoisotopic (exact) mass is 232 g/mol. The summed E-state index contributed by atoms with van der Waals surface area (Å²) in [4.78, 5) is 11.3. The highest BCUT2D eigenvalue weighted by atomic mass is 35.5. The van der Waals surface area contributed by atoms with Crippen LogP contribution in [0.3, 0.4) is 0 Å². The lowest BCUT2D eigenvalue weighted by atomic mass is 10.0. The van der Waals surface area contributed by atoms with Crippen LogP contribution in [0.15, 0.2) is 0 Å². The van der Waals surface area contributed by atoms with Crippen LogP contribution < -0.4 is 0 Å². The van der Waals surface area contributed by atoms with Crippen molar-refractivity contribution in [1.29, 1.82) is 0 Å². The van der Waals surface area contributed by atoms with Gasteiger partial charge in [-0.15, -0.1) is 11.6 Å². The predicted octanol–water partition coefficient (Wildman–Crippen LogP) is 1.06. The van der Waals surface area contributed by atoms with E-state index in [4.69, 9.17) is 25.8 Å². The van der Waals surface area contributed by atoms with Gasteiger partial charge < -0.3 is 14.2 Å². The second-order valence-electron chi connectivity index (χ2n) is 4.84. The molecule has 0 amide bonds. The van der Waals surface area contributed by atoms with Crippen LogP contribution in [0.4, 0.5) is 0 Å². The normalized spacial score (nSPS) is 51.4. The molecule has 2 heterocycles. The van der Waals surface area contributed by atoms with Crippen molar-refractivity contribution in [1.82, 2.24) is 0 Å². The first-order chi connectivity index (χ1) is 6.98. The van der Waals surface area contributed by atoms with Crippen LogP contribution >= 0.6 is 11.6 Å². The second-order valence-corrected chi connectivity index (χ2v) is 5.31. The number of hydrogen-bond donors (Lipinski definition) is 0. The maximum Gasteiger partial charge on any atom is 0.324 e. The third-order valence-electron chi connectivity index (χ3n) is 3.33. The molecule has 3 fully saturated rings. The van der Waals surface area contributed by atoms with Gasteiger partial charge in [0.1, 0.15) is 17.6 Å². The molecule has 84 valence electrons. The summed E-state index contributed by atoms with van der Waals surface area (Å²) in [6.07, 6.45) is 0.410. The van der Waals surface area contributed by atoms with Gasteiger partial charge in [0.15, 0.2) is 5.79 Å². The Bertz CT molecular complexity index is 317. The lowest BCUT2D eigenvalue weighted by Crippen LogP contribution is -2.31. The molecule has 1 saturated carbocycles. The molecule has 0 bridgehead atoms. The van der Waals surface area contributed by atoms with Crippen molar-refractivity contribution in [3.8, 4) is 0 Å². The fourth-order valence-corrected chi connectivity index (χ4v) is 3.08. The number of carbonyl (C=O) groups is 1. The molecule has 4 nitrogen and oxygen atoms in total. The molecule has 5 atom stereocenters. The van der Waals surface area contributed by atoms with Gasteiger partial charge in [-0.3, -0.25) is 4.79 Å². The SMILES string of the molecule is CC1(C)OC2[C@H](C[C@H]3[C@@H]2OC(=O)[C@@H]3Cl)O1. The van der Waals surface area contributed by atoms with E-state index in [0.29, 0.717) is 0 Å². The number of hydrogen-bond acceptors (Lipinski definition) is 4. The fraction of sp³-hybridized carbons (Fsp3) is 0.900. The minimum absolute atomic E-state index is 0.0179. The number of rotatable bonds is 0. The molecular weight excluding hydrogens is 220 g/mol. The van der Waals surface area contributed by atoms with E-state index in [9.17, 15) is 4.79 Å². The average Bonchev–Trinajstić information content (AvgIpc) is 2.66. The Hall–Kier alpha value is -0.320. The zero-order valence-electron chi connectivity index (χ0n) is 8.60. The summed E-state index contributed by atoms with van der Waals surface area (Å²) in [5, 5.41) is -0.532. The molecule has 0 N–H and O–H groups in total. The third kappa shape index (κ3) is 1.31. The van der Waals surface area contributed by atoms with Gasteiger partial charge in [0.05, 0.1) is 6.10 Å². The highest BCUT2D eigenvalue weighted by Crippen LogP contribution is 2.47. The number of carbonyl (C=O) groups excluding carboxylic acids is 1. The van der Waals surface area contributed by atoms with Crippen molar-refractivity contribution in [3.63, 3.8) is 0 Å². The Morgan fingerprint density at radius 2 is 2.07 bits per heavy atom. The highest BCUT2D eigenvalue weighted by molar-refractivity contribution is 6.30. The van der Waals surface area contributed by atoms with Crippen molar-refractivity contribution in [2.75, 3.05) is 0 Å². The van der Waals surface area contributed by atoms with E-state index in [1.165, 1.54) is 0 Å². The van der Waals surface area contributed by atoms with Crippen LogP contribution in [0.5, 0.6) is 0 Å². The zero-order valence-corrected chi connectivity index (χ0v) is 9.36. The van der Waals surface area contributed by atoms with Gasteiger partial charge >= 0.3 is 5.97 Å². The molecule has 3 aliphatic rings. The molecular formula is C10H13ClO4. The van der Waals surface area contributed by atoms with E-state index in [-0.39, 0.29) is 30.2 Å². The lowest BCUT2D eigenvalue weighted by molar-refractivity contribution is -0.169. The van der Waals surface area contributed by atoms with Crippen LogP contribution in [0, 0.1) is 5.92 Å². The van der Waals surface area contributed by atoms with E-state index < -0.39 is 11.2 Å².